The summed E-state index contributed by atoms with van der Waals surface area (Å²) in [5.74, 6) is 0.691. The number of alkyl halides is 1. The Labute approximate surface area is 141 Å². The fourth-order valence-electron chi connectivity index (χ4n) is 2.95. The zero-order valence-electron chi connectivity index (χ0n) is 13.0. The molecule has 3 nitrogen and oxygen atoms in total. The van der Waals surface area contributed by atoms with Crippen molar-refractivity contribution in [2.24, 2.45) is 0 Å². The number of nitrogens with zero attached hydrogens (tertiary/aromatic N) is 1. The summed E-state index contributed by atoms with van der Waals surface area (Å²) in [4.78, 5) is 13.6. The Balaban J connectivity index is 1.96. The third-order valence-corrected chi connectivity index (χ3v) is 4.65. The zero-order valence-corrected chi connectivity index (χ0v) is 13.7. The molecule has 0 spiro atoms. The number of methoxy groups -OCH3 is 1. The highest BCUT2D eigenvalue weighted by atomic mass is 35.5. The number of hydrogen-bond acceptors (Lipinski definition) is 2. The molecule has 1 atom stereocenters. The Morgan fingerprint density at radius 1 is 1.22 bits per heavy atom. The number of para-hydroxylation sites is 1. The Kier molecular flexibility index (Phi) is 4.14. The number of benzene rings is 2. The Hall–Kier alpha value is -2.26. The molecule has 3 rings (SSSR count). The lowest BCUT2D eigenvalue weighted by Crippen LogP contribution is -2.35. The monoisotopic (exact) mass is 327 g/mol. The molecule has 0 saturated carbocycles. The van der Waals surface area contributed by atoms with E-state index in [0.29, 0.717) is 13.0 Å². The second-order valence-corrected chi connectivity index (χ2v) is 6.20. The molecule has 0 aromatic heterocycles. The first-order valence-corrected chi connectivity index (χ1v) is 7.82. The fourth-order valence-corrected chi connectivity index (χ4v) is 3.32. The molecule has 1 aliphatic heterocycles. The number of carbonyl (C=O) groups is 1. The highest BCUT2D eigenvalue weighted by molar-refractivity contribution is 6.39. The van der Waals surface area contributed by atoms with Gasteiger partial charge in [0.2, 0.25) is 0 Å². The van der Waals surface area contributed by atoms with Crippen molar-refractivity contribution < 1.29 is 9.53 Å². The van der Waals surface area contributed by atoms with Gasteiger partial charge in [-0.05, 0) is 30.2 Å². The van der Waals surface area contributed by atoms with Gasteiger partial charge in [-0.2, -0.15) is 0 Å². The van der Waals surface area contributed by atoms with Crippen LogP contribution < -0.4 is 9.64 Å². The van der Waals surface area contributed by atoms with Gasteiger partial charge >= 0.3 is 0 Å². The summed E-state index contributed by atoms with van der Waals surface area (Å²) in [6.07, 6.45) is 2.10. The molecule has 0 N–H and O–H groups in total. The molecular weight excluding hydrogens is 310 g/mol. The number of carbonyl (C=O) groups excluding carboxylic acids is 1. The lowest BCUT2D eigenvalue weighted by Gasteiger charge is -2.21. The van der Waals surface area contributed by atoms with E-state index in [-0.39, 0.29) is 5.91 Å². The van der Waals surface area contributed by atoms with E-state index in [4.69, 9.17) is 16.3 Å². The molecule has 2 aromatic rings. The van der Waals surface area contributed by atoms with E-state index in [1.54, 1.807) is 18.1 Å². The van der Waals surface area contributed by atoms with E-state index in [1.165, 1.54) is 0 Å². The van der Waals surface area contributed by atoms with Gasteiger partial charge in [-0.1, -0.05) is 36.4 Å². The number of amides is 1. The highest BCUT2D eigenvalue weighted by Crippen LogP contribution is 2.47. The first-order valence-electron chi connectivity index (χ1n) is 7.44. The molecule has 0 bridgehead atoms. The van der Waals surface area contributed by atoms with Crippen molar-refractivity contribution in [3.63, 3.8) is 0 Å². The topological polar surface area (TPSA) is 29.5 Å². The molecular formula is C19H18ClNO2. The SMILES string of the molecule is C=CC[C@@]1(Cl)C(=O)N(Cc2ccc(OC)cc2)c2ccccc21. The third-order valence-electron chi connectivity index (χ3n) is 4.13. The third kappa shape index (κ3) is 2.62. The molecule has 0 saturated heterocycles. The van der Waals surface area contributed by atoms with Crippen molar-refractivity contribution in [2.45, 2.75) is 17.8 Å². The van der Waals surface area contributed by atoms with Crippen LogP contribution in [0.15, 0.2) is 61.2 Å². The summed E-state index contributed by atoms with van der Waals surface area (Å²) in [7, 11) is 1.63. The summed E-state index contributed by atoms with van der Waals surface area (Å²) in [6, 6.07) is 15.4. The highest BCUT2D eigenvalue weighted by Gasteiger charge is 2.48. The van der Waals surface area contributed by atoms with Gasteiger partial charge in [-0.25, -0.2) is 0 Å². The van der Waals surface area contributed by atoms with Gasteiger partial charge in [0.25, 0.3) is 5.91 Å². The van der Waals surface area contributed by atoms with Gasteiger partial charge in [0, 0.05) is 11.3 Å². The maximum atomic E-state index is 12.9. The maximum absolute atomic E-state index is 12.9. The van der Waals surface area contributed by atoms with E-state index >= 15 is 0 Å². The summed E-state index contributed by atoms with van der Waals surface area (Å²) >= 11 is 6.68. The van der Waals surface area contributed by atoms with Crippen molar-refractivity contribution in [1.82, 2.24) is 0 Å². The molecule has 118 valence electrons. The van der Waals surface area contributed by atoms with Crippen LogP contribution in [0.1, 0.15) is 17.5 Å². The molecule has 0 radical (unpaired) electrons. The van der Waals surface area contributed by atoms with Crippen LogP contribution in [0.3, 0.4) is 0 Å². The molecule has 2 aromatic carbocycles. The van der Waals surface area contributed by atoms with Crippen LogP contribution in [0.25, 0.3) is 0 Å². The van der Waals surface area contributed by atoms with Crippen LogP contribution >= 0.6 is 11.6 Å². The molecule has 1 aliphatic rings. The smallest absolute Gasteiger partial charge is 0.253 e. The molecule has 1 amide bonds. The second-order valence-electron chi connectivity index (χ2n) is 5.55. The normalized spacial score (nSPS) is 19.6. The first-order chi connectivity index (χ1) is 11.1. The Morgan fingerprint density at radius 2 is 1.91 bits per heavy atom. The minimum Gasteiger partial charge on any atom is -0.497 e. The van der Waals surface area contributed by atoms with E-state index < -0.39 is 4.87 Å². The summed E-state index contributed by atoms with van der Waals surface area (Å²) in [5, 5.41) is 0. The van der Waals surface area contributed by atoms with Crippen LogP contribution in [-0.4, -0.2) is 13.0 Å². The molecule has 0 fully saturated rings. The number of ether oxygens (including phenoxy) is 1. The van der Waals surface area contributed by atoms with Gasteiger partial charge < -0.3 is 9.64 Å². The number of anilines is 1. The summed E-state index contributed by atoms with van der Waals surface area (Å²) in [6.45, 7) is 4.21. The lowest BCUT2D eigenvalue weighted by molar-refractivity contribution is -0.120. The molecule has 23 heavy (non-hydrogen) atoms. The van der Waals surface area contributed by atoms with Crippen LogP contribution in [0, 0.1) is 0 Å². The lowest BCUT2D eigenvalue weighted by atomic mass is 9.96. The van der Waals surface area contributed by atoms with Gasteiger partial charge in [-0.3, -0.25) is 4.79 Å². The molecule has 0 unspecified atom stereocenters. The largest absolute Gasteiger partial charge is 0.497 e. The van der Waals surface area contributed by atoms with Crippen molar-refractivity contribution in [3.05, 3.63) is 72.3 Å². The number of rotatable bonds is 5. The van der Waals surface area contributed by atoms with Gasteiger partial charge in [0.05, 0.1) is 13.7 Å². The van der Waals surface area contributed by atoms with E-state index in [2.05, 4.69) is 6.58 Å². The van der Waals surface area contributed by atoms with Crippen molar-refractivity contribution in [3.8, 4) is 5.75 Å². The van der Waals surface area contributed by atoms with Crippen LogP contribution in [0.2, 0.25) is 0 Å². The van der Waals surface area contributed by atoms with E-state index in [9.17, 15) is 4.79 Å². The summed E-state index contributed by atoms with van der Waals surface area (Å²) < 4.78 is 5.17. The van der Waals surface area contributed by atoms with Gasteiger partial charge in [0.1, 0.15) is 5.75 Å². The van der Waals surface area contributed by atoms with E-state index in [1.807, 2.05) is 48.5 Å². The van der Waals surface area contributed by atoms with Crippen LogP contribution in [-0.2, 0) is 16.2 Å². The summed E-state index contributed by atoms with van der Waals surface area (Å²) in [5.41, 5.74) is 2.73. The predicted octanol–water partition coefficient (Wildman–Crippen LogP) is 4.25. The quantitative estimate of drug-likeness (QED) is 0.607. The minimum atomic E-state index is -1.05. The maximum Gasteiger partial charge on any atom is 0.253 e. The van der Waals surface area contributed by atoms with Crippen molar-refractivity contribution >= 4 is 23.2 Å². The number of allylic oxidation sites excluding steroid dienone is 1. The van der Waals surface area contributed by atoms with Gasteiger partial charge in [0.15, 0.2) is 4.87 Å². The Morgan fingerprint density at radius 3 is 2.57 bits per heavy atom. The van der Waals surface area contributed by atoms with Crippen molar-refractivity contribution in [2.75, 3.05) is 12.0 Å². The van der Waals surface area contributed by atoms with Gasteiger partial charge in [-0.15, -0.1) is 18.2 Å². The average molecular weight is 328 g/mol. The van der Waals surface area contributed by atoms with Crippen LogP contribution in [0.4, 0.5) is 5.69 Å². The number of hydrogen-bond donors (Lipinski definition) is 0. The predicted molar refractivity (Wildman–Crippen MR) is 93.0 cm³/mol. The van der Waals surface area contributed by atoms with Crippen molar-refractivity contribution in [1.29, 1.82) is 0 Å². The van der Waals surface area contributed by atoms with Crippen LogP contribution in [0.5, 0.6) is 5.75 Å². The molecule has 4 heteroatoms. The first kappa shape index (κ1) is 15.6. The van der Waals surface area contributed by atoms with E-state index in [0.717, 1.165) is 22.6 Å². The average Bonchev–Trinajstić information content (AvgIpc) is 2.78. The fraction of sp³-hybridized carbons (Fsp3) is 0.211. The standard InChI is InChI=1S/C19H18ClNO2/c1-3-12-19(20)16-6-4-5-7-17(16)21(18(19)22)13-14-8-10-15(23-2)11-9-14/h3-11H,1,12-13H2,2H3/t19-/m0/s1. The minimum absolute atomic E-state index is 0.101. The molecule has 1 heterocycles. The molecule has 0 aliphatic carbocycles. The number of fused-ring (bicyclic) bond motifs is 1. The Bertz CT molecular complexity index is 741. The number of halogens is 1. The zero-order chi connectivity index (χ0) is 16.4. The second kappa shape index (κ2) is 6.09.